The third-order valence-electron chi connectivity index (χ3n) is 4.63. The van der Waals surface area contributed by atoms with Crippen molar-refractivity contribution in [2.75, 3.05) is 26.2 Å². The van der Waals surface area contributed by atoms with Gasteiger partial charge in [-0.1, -0.05) is 36.4 Å². The molecule has 3 nitrogen and oxygen atoms in total. The first-order chi connectivity index (χ1) is 10.8. The Morgan fingerprint density at radius 3 is 2.73 bits per heavy atom. The van der Waals surface area contributed by atoms with Crippen LogP contribution in [-0.2, 0) is 6.42 Å². The molecule has 2 aliphatic heterocycles. The van der Waals surface area contributed by atoms with E-state index < -0.39 is 0 Å². The van der Waals surface area contributed by atoms with Gasteiger partial charge < -0.3 is 9.47 Å². The first kappa shape index (κ1) is 13.6. The molecule has 2 aromatic carbocycles. The molecule has 0 bridgehead atoms. The topological polar surface area (TPSA) is 21.7 Å². The molecule has 22 heavy (non-hydrogen) atoms. The summed E-state index contributed by atoms with van der Waals surface area (Å²) in [6, 6.07) is 18.4. The fraction of sp³-hybridized carbons (Fsp3) is 0.368. The van der Waals surface area contributed by atoms with Crippen molar-refractivity contribution in [1.82, 2.24) is 4.90 Å². The van der Waals surface area contributed by atoms with Gasteiger partial charge in [-0.2, -0.15) is 0 Å². The summed E-state index contributed by atoms with van der Waals surface area (Å²) in [7, 11) is 0. The average molecular weight is 295 g/mol. The Bertz CT molecular complexity index is 616. The number of nitrogens with zero attached hydrogens (tertiary/aromatic N) is 1. The van der Waals surface area contributed by atoms with Crippen molar-refractivity contribution < 1.29 is 9.47 Å². The zero-order valence-corrected chi connectivity index (χ0v) is 12.7. The van der Waals surface area contributed by atoms with Crippen LogP contribution in [0.5, 0.6) is 11.5 Å². The minimum absolute atomic E-state index is 0.00354. The molecule has 1 spiro atoms. The molecule has 0 aromatic heterocycles. The van der Waals surface area contributed by atoms with E-state index in [4.69, 9.17) is 9.47 Å². The molecule has 0 aliphatic carbocycles. The van der Waals surface area contributed by atoms with Gasteiger partial charge in [0.25, 0.3) is 0 Å². The van der Waals surface area contributed by atoms with Gasteiger partial charge in [-0.15, -0.1) is 0 Å². The maximum Gasteiger partial charge on any atom is 0.127 e. The smallest absolute Gasteiger partial charge is 0.127 e. The van der Waals surface area contributed by atoms with Crippen LogP contribution in [0.4, 0.5) is 0 Å². The van der Waals surface area contributed by atoms with Crippen molar-refractivity contribution in [2.24, 2.45) is 0 Å². The van der Waals surface area contributed by atoms with Gasteiger partial charge in [-0.3, -0.25) is 4.90 Å². The molecule has 1 atom stereocenters. The number of hydrogen-bond acceptors (Lipinski definition) is 3. The van der Waals surface area contributed by atoms with Crippen LogP contribution in [0, 0.1) is 0 Å². The lowest BCUT2D eigenvalue weighted by Crippen LogP contribution is -2.38. The van der Waals surface area contributed by atoms with Crippen molar-refractivity contribution in [3.05, 3.63) is 60.2 Å². The molecule has 2 aliphatic rings. The molecule has 114 valence electrons. The predicted octanol–water partition coefficient (Wildman–Crippen LogP) is 3.15. The van der Waals surface area contributed by atoms with E-state index in [0.29, 0.717) is 0 Å². The number of likely N-dealkylation sites (tertiary alicyclic amines) is 1. The van der Waals surface area contributed by atoms with Crippen LogP contribution in [0.25, 0.3) is 0 Å². The maximum absolute atomic E-state index is 6.27. The highest BCUT2D eigenvalue weighted by Crippen LogP contribution is 2.40. The summed E-state index contributed by atoms with van der Waals surface area (Å²) in [6.45, 7) is 3.77. The second kappa shape index (κ2) is 5.65. The lowest BCUT2D eigenvalue weighted by molar-refractivity contribution is 0.0990. The first-order valence-electron chi connectivity index (χ1n) is 8.00. The molecular weight excluding hydrogens is 274 g/mol. The predicted molar refractivity (Wildman–Crippen MR) is 86.5 cm³/mol. The van der Waals surface area contributed by atoms with Crippen molar-refractivity contribution in [1.29, 1.82) is 0 Å². The van der Waals surface area contributed by atoms with Crippen molar-refractivity contribution >= 4 is 0 Å². The largest absolute Gasteiger partial charge is 0.492 e. The quantitative estimate of drug-likeness (QED) is 0.865. The molecule has 0 amide bonds. The Labute approximate surface area is 131 Å². The Morgan fingerprint density at radius 1 is 1.05 bits per heavy atom. The third kappa shape index (κ3) is 2.69. The van der Waals surface area contributed by atoms with E-state index in [1.54, 1.807) is 0 Å². The van der Waals surface area contributed by atoms with Gasteiger partial charge in [0.15, 0.2) is 0 Å². The highest BCUT2D eigenvalue weighted by molar-refractivity contribution is 5.39. The van der Waals surface area contributed by atoms with E-state index in [9.17, 15) is 0 Å². The zero-order valence-electron chi connectivity index (χ0n) is 12.7. The standard InChI is InChI=1S/C19H21NO2/c1-2-7-17(8-3-1)21-13-12-20-11-10-19(15-20)14-16-6-4-5-9-18(16)22-19/h1-9H,10-15H2. The molecule has 3 heteroatoms. The second-order valence-electron chi connectivity index (χ2n) is 6.26. The number of fused-ring (bicyclic) bond motifs is 1. The van der Waals surface area contributed by atoms with Gasteiger partial charge in [0.1, 0.15) is 23.7 Å². The summed E-state index contributed by atoms with van der Waals surface area (Å²) >= 11 is 0. The maximum atomic E-state index is 6.27. The summed E-state index contributed by atoms with van der Waals surface area (Å²) in [5.74, 6) is 2.02. The molecule has 0 saturated carbocycles. The highest BCUT2D eigenvalue weighted by Gasteiger charge is 2.44. The third-order valence-corrected chi connectivity index (χ3v) is 4.63. The number of rotatable bonds is 4. The van der Waals surface area contributed by atoms with Gasteiger partial charge in [-0.25, -0.2) is 0 Å². The fourth-order valence-electron chi connectivity index (χ4n) is 3.52. The average Bonchev–Trinajstić information content (AvgIpc) is 3.11. The molecule has 4 rings (SSSR count). The monoisotopic (exact) mass is 295 g/mol. The molecule has 2 heterocycles. The molecule has 0 radical (unpaired) electrons. The van der Waals surface area contributed by atoms with Crippen LogP contribution in [0.2, 0.25) is 0 Å². The Morgan fingerprint density at radius 2 is 1.86 bits per heavy atom. The summed E-state index contributed by atoms with van der Waals surface area (Å²) in [5, 5.41) is 0. The lowest BCUT2D eigenvalue weighted by Gasteiger charge is -2.24. The van der Waals surface area contributed by atoms with E-state index in [1.165, 1.54) is 5.56 Å². The van der Waals surface area contributed by atoms with E-state index in [2.05, 4.69) is 29.2 Å². The van der Waals surface area contributed by atoms with E-state index in [-0.39, 0.29) is 5.60 Å². The Hall–Kier alpha value is -2.00. The number of hydrogen-bond donors (Lipinski definition) is 0. The van der Waals surface area contributed by atoms with Crippen LogP contribution in [0.15, 0.2) is 54.6 Å². The summed E-state index contributed by atoms with van der Waals surface area (Å²) in [4.78, 5) is 2.45. The molecule has 1 saturated heterocycles. The minimum atomic E-state index is -0.00354. The van der Waals surface area contributed by atoms with Crippen molar-refractivity contribution in [2.45, 2.75) is 18.4 Å². The van der Waals surface area contributed by atoms with Gasteiger partial charge in [0, 0.05) is 32.5 Å². The van der Waals surface area contributed by atoms with Crippen LogP contribution in [0.1, 0.15) is 12.0 Å². The summed E-state index contributed by atoms with van der Waals surface area (Å²) < 4.78 is 12.1. The number of para-hydroxylation sites is 2. The minimum Gasteiger partial charge on any atom is -0.492 e. The summed E-state index contributed by atoms with van der Waals surface area (Å²) in [6.07, 6.45) is 2.15. The molecule has 1 unspecified atom stereocenters. The SMILES string of the molecule is c1ccc(OCCN2CCC3(Cc4ccccc4O3)C2)cc1. The van der Waals surface area contributed by atoms with Crippen molar-refractivity contribution in [3.8, 4) is 11.5 Å². The van der Waals surface area contributed by atoms with Gasteiger partial charge in [-0.05, 0) is 23.8 Å². The van der Waals surface area contributed by atoms with E-state index in [1.807, 2.05) is 30.3 Å². The molecule has 2 aromatic rings. The van der Waals surface area contributed by atoms with Gasteiger partial charge >= 0.3 is 0 Å². The van der Waals surface area contributed by atoms with Crippen LogP contribution < -0.4 is 9.47 Å². The highest BCUT2D eigenvalue weighted by atomic mass is 16.5. The molecular formula is C19H21NO2. The van der Waals surface area contributed by atoms with Crippen molar-refractivity contribution in [3.63, 3.8) is 0 Å². The summed E-state index contributed by atoms with van der Waals surface area (Å²) in [5.41, 5.74) is 1.35. The second-order valence-corrected chi connectivity index (χ2v) is 6.26. The Balaban J connectivity index is 1.30. The van der Waals surface area contributed by atoms with E-state index in [0.717, 1.165) is 50.6 Å². The number of benzene rings is 2. The molecule has 0 N–H and O–H groups in total. The normalized spacial score (nSPS) is 23.5. The number of ether oxygens (including phenoxy) is 2. The zero-order chi connectivity index (χ0) is 14.8. The van der Waals surface area contributed by atoms with Crippen LogP contribution in [0.3, 0.4) is 0 Å². The van der Waals surface area contributed by atoms with E-state index >= 15 is 0 Å². The van der Waals surface area contributed by atoms with Gasteiger partial charge in [0.05, 0.1) is 0 Å². The first-order valence-corrected chi connectivity index (χ1v) is 8.00. The van der Waals surface area contributed by atoms with Crippen LogP contribution >= 0.6 is 0 Å². The molecule has 1 fully saturated rings. The fourth-order valence-corrected chi connectivity index (χ4v) is 3.52. The Kier molecular flexibility index (Phi) is 3.51. The van der Waals surface area contributed by atoms with Gasteiger partial charge in [0.2, 0.25) is 0 Å². The lowest BCUT2D eigenvalue weighted by atomic mass is 9.96. The van der Waals surface area contributed by atoms with Crippen LogP contribution in [-0.4, -0.2) is 36.7 Å².